The molecule has 0 saturated heterocycles. The molecule has 15 heteroatoms. The molecule has 5 heterocycles. The molecule has 1 atom stereocenters. The van der Waals surface area contributed by atoms with Crippen molar-refractivity contribution in [1.29, 1.82) is 0 Å². The summed E-state index contributed by atoms with van der Waals surface area (Å²) in [4.78, 5) is 37.9. The minimum absolute atomic E-state index is 0.0393. The van der Waals surface area contributed by atoms with Gasteiger partial charge in [-0.05, 0) is 18.2 Å². The van der Waals surface area contributed by atoms with Crippen molar-refractivity contribution >= 4 is 17.6 Å². The number of nitrogens with zero attached hydrogens (tertiary/aromatic N) is 6. The number of hydrogen-bond acceptors (Lipinski definition) is 9. The van der Waals surface area contributed by atoms with Crippen molar-refractivity contribution in [2.45, 2.75) is 25.3 Å². The lowest BCUT2D eigenvalue weighted by atomic mass is 10.1. The van der Waals surface area contributed by atoms with E-state index in [-0.39, 0.29) is 47.3 Å². The van der Waals surface area contributed by atoms with Gasteiger partial charge in [0.25, 0.3) is 5.91 Å². The summed E-state index contributed by atoms with van der Waals surface area (Å²) in [6, 6.07) is 7.46. The first-order chi connectivity index (χ1) is 20.1. The number of carboxylic acid groups (broad SMARTS) is 1. The average molecular weight is 582 g/mol. The van der Waals surface area contributed by atoms with E-state index in [4.69, 9.17) is 19.3 Å². The van der Waals surface area contributed by atoms with E-state index in [1.807, 2.05) is 0 Å². The highest BCUT2D eigenvalue weighted by atomic mass is 19.4. The van der Waals surface area contributed by atoms with E-state index in [1.54, 1.807) is 19.3 Å². The van der Waals surface area contributed by atoms with E-state index in [9.17, 15) is 22.8 Å². The number of benzene rings is 1. The normalized spacial score (nSPS) is 15.9. The molecule has 1 unspecified atom stereocenters. The van der Waals surface area contributed by atoms with Crippen molar-refractivity contribution in [3.05, 3.63) is 82.7 Å². The number of hydrogen-bond donors (Lipinski definition) is 1. The summed E-state index contributed by atoms with van der Waals surface area (Å²) in [5.41, 5.74) is 0.0978. The highest BCUT2D eigenvalue weighted by Gasteiger charge is 2.43. The second kappa shape index (κ2) is 10.4. The van der Waals surface area contributed by atoms with Gasteiger partial charge in [0.05, 0.1) is 54.3 Å². The zero-order valence-electron chi connectivity index (χ0n) is 21.8. The predicted molar refractivity (Wildman–Crippen MR) is 137 cm³/mol. The zero-order valence-corrected chi connectivity index (χ0v) is 21.8. The van der Waals surface area contributed by atoms with Gasteiger partial charge in [-0.3, -0.25) is 9.78 Å². The second-order valence-electron chi connectivity index (χ2n) is 9.45. The molecular weight excluding hydrogens is 561 g/mol. The van der Waals surface area contributed by atoms with Gasteiger partial charge in [0.15, 0.2) is 11.8 Å². The van der Waals surface area contributed by atoms with E-state index < -0.39 is 29.9 Å². The summed E-state index contributed by atoms with van der Waals surface area (Å²) in [6.45, 7) is -0.0263. The van der Waals surface area contributed by atoms with Gasteiger partial charge in [0.2, 0.25) is 0 Å². The summed E-state index contributed by atoms with van der Waals surface area (Å²) in [7, 11) is 1.56. The molecule has 2 aliphatic heterocycles. The fourth-order valence-electron chi connectivity index (χ4n) is 4.71. The number of anilines is 1. The van der Waals surface area contributed by atoms with Gasteiger partial charge in [0.1, 0.15) is 5.75 Å². The molecule has 216 valence electrons. The van der Waals surface area contributed by atoms with Crippen LogP contribution in [0.4, 0.5) is 18.9 Å². The topological polar surface area (TPSA) is 142 Å². The van der Waals surface area contributed by atoms with Crippen LogP contribution in [0, 0.1) is 0 Å². The van der Waals surface area contributed by atoms with Crippen molar-refractivity contribution < 1.29 is 42.1 Å². The molecule has 6 rings (SSSR count). The number of rotatable bonds is 6. The van der Waals surface area contributed by atoms with Gasteiger partial charge < -0.3 is 24.2 Å². The Hall–Kier alpha value is -5.05. The van der Waals surface area contributed by atoms with Gasteiger partial charge in [-0.25, -0.2) is 19.4 Å². The highest BCUT2D eigenvalue weighted by Crippen LogP contribution is 2.39. The minimum Gasteiger partial charge on any atom is -0.491 e. The number of halogens is 3. The van der Waals surface area contributed by atoms with Crippen LogP contribution in [-0.4, -0.2) is 62.0 Å². The molecule has 0 aliphatic carbocycles. The predicted octanol–water partition coefficient (Wildman–Crippen LogP) is 3.64. The first-order valence-corrected chi connectivity index (χ1v) is 12.6. The molecule has 1 N–H and O–H groups in total. The summed E-state index contributed by atoms with van der Waals surface area (Å²) < 4.78 is 59.9. The Bertz CT molecular complexity index is 1690. The molecule has 12 nitrogen and oxygen atoms in total. The third-order valence-electron chi connectivity index (χ3n) is 6.78. The van der Waals surface area contributed by atoms with Crippen LogP contribution in [0.15, 0.2) is 48.9 Å². The van der Waals surface area contributed by atoms with Crippen LogP contribution in [0.5, 0.6) is 11.8 Å². The Balaban J connectivity index is 1.36. The number of fused-ring (bicyclic) bond motifs is 2. The average Bonchev–Trinajstić information content (AvgIpc) is 3.62. The number of carbonyl (C=O) groups is 2. The molecule has 0 saturated carbocycles. The molecule has 3 aromatic heterocycles. The number of carbonyl (C=O) groups excluding carboxylic acids is 1. The van der Waals surface area contributed by atoms with Crippen molar-refractivity contribution in [2.75, 3.05) is 25.2 Å². The second-order valence-corrected chi connectivity index (χ2v) is 9.45. The van der Waals surface area contributed by atoms with Crippen molar-refractivity contribution in [2.24, 2.45) is 0 Å². The van der Waals surface area contributed by atoms with Crippen LogP contribution in [0.25, 0.3) is 5.69 Å². The van der Waals surface area contributed by atoms with Gasteiger partial charge in [-0.1, -0.05) is 6.07 Å². The number of ether oxygens (including phenoxy) is 3. The van der Waals surface area contributed by atoms with Gasteiger partial charge in [-0.15, -0.1) is 0 Å². The summed E-state index contributed by atoms with van der Waals surface area (Å²) in [6.07, 6.45) is -1.67. The number of aromatic nitrogens is 5. The number of amides is 1. The Morgan fingerprint density at radius 2 is 1.90 bits per heavy atom. The maximum Gasteiger partial charge on any atom is 0.435 e. The minimum atomic E-state index is -4.81. The molecule has 2 aliphatic rings. The number of aromatic carboxylic acids is 1. The fourth-order valence-corrected chi connectivity index (χ4v) is 4.71. The lowest BCUT2D eigenvalue weighted by Crippen LogP contribution is -2.27. The largest absolute Gasteiger partial charge is 0.491 e. The Labute approximate surface area is 235 Å². The Morgan fingerprint density at radius 3 is 2.64 bits per heavy atom. The smallest absolute Gasteiger partial charge is 0.435 e. The monoisotopic (exact) mass is 582 g/mol. The quantitative estimate of drug-likeness (QED) is 0.358. The first-order valence-electron chi connectivity index (χ1n) is 12.6. The summed E-state index contributed by atoms with van der Waals surface area (Å²) in [5, 5.41) is 12.9. The van der Waals surface area contributed by atoms with E-state index in [0.29, 0.717) is 24.5 Å². The van der Waals surface area contributed by atoms with Crippen molar-refractivity contribution in [3.63, 3.8) is 0 Å². The zero-order chi connectivity index (χ0) is 29.6. The number of alkyl halides is 3. The van der Waals surface area contributed by atoms with Crippen LogP contribution < -0.4 is 14.4 Å². The molecule has 1 aromatic carbocycles. The Kier molecular flexibility index (Phi) is 6.73. The maximum absolute atomic E-state index is 14.0. The van der Waals surface area contributed by atoms with Crippen molar-refractivity contribution in [3.8, 4) is 17.4 Å². The molecule has 0 spiro atoms. The molecule has 4 aromatic rings. The molecule has 0 fully saturated rings. The number of carboxylic acids is 1. The summed E-state index contributed by atoms with van der Waals surface area (Å²) >= 11 is 0. The molecule has 0 bridgehead atoms. The fraction of sp³-hybridized carbons (Fsp3) is 0.259. The summed E-state index contributed by atoms with van der Waals surface area (Å²) in [5.74, 6) is -1.09. The molecule has 42 heavy (non-hydrogen) atoms. The third-order valence-corrected chi connectivity index (χ3v) is 6.78. The SMILES string of the molecule is CN(C(=O)c1cccc(-n2nc(C(F)(F)F)c3c2C(Oc2ncc(C(=O)O)cn2)COC3)c1)c1cnc2c(c1)OCC2. The van der Waals surface area contributed by atoms with E-state index in [1.165, 1.54) is 29.2 Å². The van der Waals surface area contributed by atoms with Gasteiger partial charge in [-0.2, -0.15) is 18.3 Å². The molecule has 1 amide bonds. The van der Waals surface area contributed by atoms with Crippen LogP contribution in [0.1, 0.15) is 49.5 Å². The third kappa shape index (κ3) is 4.98. The maximum atomic E-state index is 14.0. The van der Waals surface area contributed by atoms with Gasteiger partial charge >= 0.3 is 18.2 Å². The van der Waals surface area contributed by atoms with E-state index in [0.717, 1.165) is 22.8 Å². The van der Waals surface area contributed by atoms with Crippen LogP contribution in [-0.2, 0) is 23.9 Å². The molecular formula is C27H21F3N6O6. The Morgan fingerprint density at radius 1 is 1.12 bits per heavy atom. The lowest BCUT2D eigenvalue weighted by Gasteiger charge is -2.25. The lowest BCUT2D eigenvalue weighted by molar-refractivity contribution is -0.143. The van der Waals surface area contributed by atoms with E-state index >= 15 is 0 Å². The van der Waals surface area contributed by atoms with Crippen molar-refractivity contribution in [1.82, 2.24) is 24.7 Å². The van der Waals surface area contributed by atoms with E-state index in [2.05, 4.69) is 20.1 Å². The molecule has 0 radical (unpaired) electrons. The number of pyridine rings is 1. The highest BCUT2D eigenvalue weighted by molar-refractivity contribution is 6.06. The van der Waals surface area contributed by atoms with Crippen LogP contribution >= 0.6 is 0 Å². The van der Waals surface area contributed by atoms with Crippen LogP contribution in [0.2, 0.25) is 0 Å². The van der Waals surface area contributed by atoms with Crippen LogP contribution in [0.3, 0.4) is 0 Å². The first kappa shape index (κ1) is 27.1. The standard InChI is InChI=1S/C27H21F3N6O6/c1-35(17-8-20-19(31-11-17)5-6-41-20)24(37)14-3-2-4-16(7-14)36-22-18(23(34-36)27(28,29)30)12-40-13-21(22)42-26-32-9-15(10-33-26)25(38)39/h2-4,7-11,21H,5-6,12-13H2,1H3,(H,38,39). The van der Waals surface area contributed by atoms with Gasteiger partial charge in [0, 0.05) is 43.1 Å².